The van der Waals surface area contributed by atoms with E-state index in [1.165, 1.54) is 10.9 Å². The molecule has 0 amide bonds. The minimum absolute atomic E-state index is 0.139. The van der Waals surface area contributed by atoms with Gasteiger partial charge >= 0.3 is 0 Å². The summed E-state index contributed by atoms with van der Waals surface area (Å²) < 4.78 is 0. The average molecular weight is 221 g/mol. The molecular weight excluding hydrogens is 208 g/mol. The first-order valence-corrected chi connectivity index (χ1v) is 5.32. The number of rotatable bonds is 2. The number of nitrogens with zero attached hydrogens (tertiary/aromatic N) is 1. The van der Waals surface area contributed by atoms with Crippen molar-refractivity contribution in [3.05, 3.63) is 41.2 Å². The first kappa shape index (κ1) is 10.4. The highest BCUT2D eigenvalue weighted by molar-refractivity contribution is 6.31. The van der Waals surface area contributed by atoms with Crippen molar-refractivity contribution in [1.29, 1.82) is 0 Å². The predicted octanol–water partition coefficient (Wildman–Crippen LogP) is 2.78. The normalized spacial score (nSPS) is 13.0. The van der Waals surface area contributed by atoms with Gasteiger partial charge in [-0.2, -0.15) is 0 Å². The van der Waals surface area contributed by atoms with E-state index >= 15 is 0 Å². The Bertz CT molecular complexity index is 480. The molecule has 0 aliphatic rings. The number of fused-ring (bicyclic) bond motifs is 1. The van der Waals surface area contributed by atoms with E-state index in [1.54, 1.807) is 6.20 Å². The Balaban J connectivity index is 2.60. The van der Waals surface area contributed by atoms with Crippen LogP contribution in [0.2, 0.25) is 5.02 Å². The smallest absolute Gasteiger partial charge is 0.0415 e. The van der Waals surface area contributed by atoms with E-state index in [4.69, 9.17) is 17.3 Å². The summed E-state index contributed by atoms with van der Waals surface area (Å²) >= 11 is 6.04. The molecule has 1 heterocycles. The molecule has 1 aromatic carbocycles. The van der Waals surface area contributed by atoms with Crippen molar-refractivity contribution in [1.82, 2.24) is 4.98 Å². The lowest BCUT2D eigenvalue weighted by atomic mass is 10.0. The molecule has 2 N–H and O–H groups in total. The zero-order valence-corrected chi connectivity index (χ0v) is 9.33. The molecule has 0 saturated heterocycles. The fraction of sp³-hybridized carbons (Fsp3) is 0.250. The Morgan fingerprint density at radius 1 is 1.47 bits per heavy atom. The van der Waals surface area contributed by atoms with E-state index in [0.717, 1.165) is 16.8 Å². The van der Waals surface area contributed by atoms with Crippen LogP contribution >= 0.6 is 11.6 Å². The number of pyridine rings is 1. The van der Waals surface area contributed by atoms with Gasteiger partial charge in [-0.25, -0.2) is 0 Å². The first-order valence-electron chi connectivity index (χ1n) is 4.94. The Morgan fingerprint density at radius 3 is 3.00 bits per heavy atom. The average Bonchev–Trinajstić information content (AvgIpc) is 2.16. The molecule has 0 fully saturated rings. The van der Waals surface area contributed by atoms with Crippen LogP contribution in [0, 0.1) is 0 Å². The lowest BCUT2D eigenvalue weighted by Crippen LogP contribution is -2.17. The van der Waals surface area contributed by atoms with Gasteiger partial charge in [-0.05, 0) is 42.5 Å². The molecule has 2 aromatic rings. The standard InChI is InChI=1S/C12H13ClN2/c1-8(14)4-9-5-11(13)6-10-7-15-3-2-12(9)10/h2-3,5-8H,4,14H2,1H3. The predicted molar refractivity (Wildman–Crippen MR) is 64.1 cm³/mol. The molecule has 2 rings (SSSR count). The number of halogens is 1. The Morgan fingerprint density at radius 2 is 2.27 bits per heavy atom. The topological polar surface area (TPSA) is 38.9 Å². The maximum Gasteiger partial charge on any atom is 0.0415 e. The highest BCUT2D eigenvalue weighted by atomic mass is 35.5. The quantitative estimate of drug-likeness (QED) is 0.846. The van der Waals surface area contributed by atoms with Gasteiger partial charge in [-0.1, -0.05) is 11.6 Å². The number of nitrogens with two attached hydrogens (primary N) is 1. The van der Waals surface area contributed by atoms with Gasteiger partial charge in [-0.15, -0.1) is 0 Å². The largest absolute Gasteiger partial charge is 0.328 e. The van der Waals surface area contributed by atoms with Crippen LogP contribution in [0.4, 0.5) is 0 Å². The molecule has 0 aliphatic heterocycles. The molecule has 1 aromatic heterocycles. The summed E-state index contributed by atoms with van der Waals surface area (Å²) in [5.74, 6) is 0. The van der Waals surface area contributed by atoms with Crippen molar-refractivity contribution in [3.8, 4) is 0 Å². The third kappa shape index (κ3) is 2.28. The van der Waals surface area contributed by atoms with E-state index in [2.05, 4.69) is 4.98 Å². The third-order valence-corrected chi connectivity index (χ3v) is 2.56. The molecule has 3 heteroatoms. The van der Waals surface area contributed by atoms with Crippen molar-refractivity contribution in [3.63, 3.8) is 0 Å². The fourth-order valence-electron chi connectivity index (χ4n) is 1.76. The van der Waals surface area contributed by atoms with E-state index in [1.807, 2.05) is 31.3 Å². The Kier molecular flexibility index (Phi) is 2.89. The molecule has 0 aliphatic carbocycles. The molecule has 2 nitrogen and oxygen atoms in total. The van der Waals surface area contributed by atoms with Gasteiger partial charge in [0.15, 0.2) is 0 Å². The van der Waals surface area contributed by atoms with Crippen LogP contribution in [0.3, 0.4) is 0 Å². The lowest BCUT2D eigenvalue weighted by Gasteiger charge is -2.09. The van der Waals surface area contributed by atoms with Crippen LogP contribution in [0.15, 0.2) is 30.6 Å². The molecule has 0 radical (unpaired) electrons. The molecule has 0 saturated carbocycles. The molecular formula is C12H13ClN2. The molecule has 0 bridgehead atoms. The molecule has 0 spiro atoms. The van der Waals surface area contributed by atoms with Crippen LogP contribution in [0.1, 0.15) is 12.5 Å². The summed E-state index contributed by atoms with van der Waals surface area (Å²) in [5, 5.41) is 3.00. The van der Waals surface area contributed by atoms with Crippen LogP contribution in [-0.2, 0) is 6.42 Å². The SMILES string of the molecule is CC(N)Cc1cc(Cl)cc2cnccc12. The zero-order valence-electron chi connectivity index (χ0n) is 8.57. The van der Waals surface area contributed by atoms with E-state index < -0.39 is 0 Å². The number of hydrogen-bond acceptors (Lipinski definition) is 2. The summed E-state index contributed by atoms with van der Waals surface area (Å²) in [6.07, 6.45) is 4.45. The van der Waals surface area contributed by atoms with Crippen LogP contribution in [0.5, 0.6) is 0 Å². The number of benzene rings is 1. The van der Waals surface area contributed by atoms with Gasteiger partial charge in [0, 0.05) is 28.8 Å². The maximum atomic E-state index is 6.04. The lowest BCUT2D eigenvalue weighted by molar-refractivity contribution is 0.742. The highest BCUT2D eigenvalue weighted by Gasteiger charge is 2.05. The van der Waals surface area contributed by atoms with Crippen molar-refractivity contribution in [2.75, 3.05) is 0 Å². The van der Waals surface area contributed by atoms with Crippen molar-refractivity contribution in [2.24, 2.45) is 5.73 Å². The molecule has 78 valence electrons. The van der Waals surface area contributed by atoms with Crippen LogP contribution < -0.4 is 5.73 Å². The molecule has 15 heavy (non-hydrogen) atoms. The van der Waals surface area contributed by atoms with Gasteiger partial charge in [0.1, 0.15) is 0 Å². The van der Waals surface area contributed by atoms with Crippen molar-refractivity contribution in [2.45, 2.75) is 19.4 Å². The minimum Gasteiger partial charge on any atom is -0.328 e. The summed E-state index contributed by atoms with van der Waals surface area (Å²) in [4.78, 5) is 4.08. The van der Waals surface area contributed by atoms with Crippen molar-refractivity contribution < 1.29 is 0 Å². The van der Waals surface area contributed by atoms with Gasteiger partial charge in [0.2, 0.25) is 0 Å². The first-order chi connectivity index (χ1) is 7.16. The van der Waals surface area contributed by atoms with Crippen LogP contribution in [0.25, 0.3) is 10.8 Å². The maximum absolute atomic E-state index is 6.04. The zero-order chi connectivity index (χ0) is 10.8. The second-order valence-electron chi connectivity index (χ2n) is 3.84. The van der Waals surface area contributed by atoms with E-state index in [0.29, 0.717) is 0 Å². The van der Waals surface area contributed by atoms with Gasteiger partial charge in [0.05, 0.1) is 0 Å². The fourth-order valence-corrected chi connectivity index (χ4v) is 2.01. The monoisotopic (exact) mass is 220 g/mol. The van der Waals surface area contributed by atoms with Crippen LogP contribution in [-0.4, -0.2) is 11.0 Å². The third-order valence-electron chi connectivity index (χ3n) is 2.35. The molecule has 1 atom stereocenters. The highest BCUT2D eigenvalue weighted by Crippen LogP contribution is 2.23. The molecule has 1 unspecified atom stereocenters. The van der Waals surface area contributed by atoms with Gasteiger partial charge < -0.3 is 5.73 Å². The summed E-state index contributed by atoms with van der Waals surface area (Å²) in [5.41, 5.74) is 7.00. The number of aromatic nitrogens is 1. The second-order valence-corrected chi connectivity index (χ2v) is 4.28. The Hall–Kier alpha value is -1.12. The van der Waals surface area contributed by atoms with E-state index in [9.17, 15) is 0 Å². The second kappa shape index (κ2) is 4.17. The summed E-state index contributed by atoms with van der Waals surface area (Å²) in [6.45, 7) is 1.99. The summed E-state index contributed by atoms with van der Waals surface area (Å²) in [7, 11) is 0. The van der Waals surface area contributed by atoms with Gasteiger partial charge in [-0.3, -0.25) is 4.98 Å². The summed E-state index contributed by atoms with van der Waals surface area (Å²) in [6, 6.07) is 6.05. The Labute approximate surface area is 94.1 Å². The van der Waals surface area contributed by atoms with E-state index in [-0.39, 0.29) is 6.04 Å². The minimum atomic E-state index is 0.139. The van der Waals surface area contributed by atoms with Crippen molar-refractivity contribution >= 4 is 22.4 Å². The number of hydrogen-bond donors (Lipinski definition) is 1. The van der Waals surface area contributed by atoms with Gasteiger partial charge in [0.25, 0.3) is 0 Å².